The molecule has 0 unspecified atom stereocenters. The smallest absolute Gasteiger partial charge is 0.206 e. The summed E-state index contributed by atoms with van der Waals surface area (Å²) in [5, 5.41) is 19.0. The number of tetrazole rings is 1. The van der Waals surface area contributed by atoms with Crippen molar-refractivity contribution >= 4 is 5.69 Å². The van der Waals surface area contributed by atoms with Gasteiger partial charge in [-0.2, -0.15) is 10.3 Å². The van der Waals surface area contributed by atoms with Crippen LogP contribution in [-0.2, 0) is 20.0 Å². The van der Waals surface area contributed by atoms with Gasteiger partial charge in [-0.15, -0.1) is 10.2 Å². The molecule has 4 rings (SSSR count). The van der Waals surface area contributed by atoms with Crippen LogP contribution in [0.2, 0.25) is 0 Å². The first-order chi connectivity index (χ1) is 13.6. The van der Waals surface area contributed by atoms with Gasteiger partial charge in [-0.3, -0.25) is 9.58 Å². The Labute approximate surface area is 165 Å². The Morgan fingerprint density at radius 1 is 1.11 bits per heavy atom. The van der Waals surface area contributed by atoms with E-state index in [1.807, 2.05) is 17.9 Å². The second-order valence-corrected chi connectivity index (χ2v) is 7.89. The first-order valence-electron chi connectivity index (χ1n) is 9.91. The summed E-state index contributed by atoms with van der Waals surface area (Å²) in [5.41, 5.74) is 4.86. The lowest BCUT2D eigenvalue weighted by Crippen LogP contribution is -2.46. The quantitative estimate of drug-likeness (QED) is 0.706. The van der Waals surface area contributed by atoms with Crippen molar-refractivity contribution in [1.29, 1.82) is 0 Å². The summed E-state index contributed by atoms with van der Waals surface area (Å²) >= 11 is 0. The lowest BCUT2D eigenvalue weighted by molar-refractivity contribution is 0.244. The normalized spacial score (nSPS) is 15.5. The zero-order valence-electron chi connectivity index (χ0n) is 16.8. The summed E-state index contributed by atoms with van der Waals surface area (Å²) in [6, 6.07) is 8.73. The molecule has 0 spiro atoms. The minimum Gasteiger partial charge on any atom is -0.368 e. The molecule has 1 fully saturated rings. The SMILES string of the molecule is CC(C)Cc1ccc(-c2nn[nH]n2)c(N2CCN(Cc3ccnn3C)CC2)c1. The van der Waals surface area contributed by atoms with Crippen LogP contribution in [-0.4, -0.2) is 61.5 Å². The van der Waals surface area contributed by atoms with E-state index in [1.54, 1.807) is 0 Å². The number of aromatic amines is 1. The van der Waals surface area contributed by atoms with Gasteiger partial charge in [-0.25, -0.2) is 0 Å². The summed E-state index contributed by atoms with van der Waals surface area (Å²) < 4.78 is 1.95. The maximum atomic E-state index is 4.27. The monoisotopic (exact) mass is 380 g/mol. The second-order valence-electron chi connectivity index (χ2n) is 7.89. The van der Waals surface area contributed by atoms with Crippen molar-refractivity contribution in [3.8, 4) is 11.4 Å². The van der Waals surface area contributed by atoms with Crippen molar-refractivity contribution in [2.45, 2.75) is 26.8 Å². The molecule has 0 atom stereocenters. The number of nitrogens with one attached hydrogen (secondary N) is 1. The predicted octanol–water partition coefficient (Wildman–Crippen LogP) is 2.12. The van der Waals surface area contributed by atoms with Crippen molar-refractivity contribution in [2.75, 3.05) is 31.1 Å². The van der Waals surface area contributed by atoms with Crippen molar-refractivity contribution in [2.24, 2.45) is 13.0 Å². The van der Waals surface area contributed by atoms with E-state index >= 15 is 0 Å². The first kappa shape index (κ1) is 18.6. The van der Waals surface area contributed by atoms with Crippen LogP contribution in [0.25, 0.3) is 11.4 Å². The molecule has 0 amide bonds. The van der Waals surface area contributed by atoms with E-state index in [4.69, 9.17) is 0 Å². The third kappa shape index (κ3) is 4.06. The standard InChI is InChI=1S/C20H28N8/c1-15(2)12-16-4-5-18(20-22-24-25-23-20)19(13-16)28-10-8-27(9-11-28)14-17-6-7-21-26(17)3/h4-7,13,15H,8-12,14H2,1-3H3,(H,22,23,24,25). The van der Waals surface area contributed by atoms with Gasteiger partial charge < -0.3 is 4.90 Å². The lowest BCUT2D eigenvalue weighted by atomic mass is 9.99. The Balaban J connectivity index is 1.52. The molecule has 0 bridgehead atoms. The number of H-pyrrole nitrogens is 1. The number of hydrogen-bond acceptors (Lipinski definition) is 6. The zero-order chi connectivity index (χ0) is 19.5. The number of rotatable bonds is 6. The van der Waals surface area contributed by atoms with Gasteiger partial charge in [-0.1, -0.05) is 19.9 Å². The molecule has 3 heterocycles. The van der Waals surface area contributed by atoms with Gasteiger partial charge in [0.25, 0.3) is 0 Å². The number of aromatic nitrogens is 6. The van der Waals surface area contributed by atoms with Crippen LogP contribution in [0.3, 0.4) is 0 Å². The second kappa shape index (κ2) is 8.10. The van der Waals surface area contributed by atoms with Crippen LogP contribution in [0.4, 0.5) is 5.69 Å². The minimum atomic E-state index is 0.625. The molecule has 1 aliphatic heterocycles. The molecular weight excluding hydrogens is 352 g/mol. The Morgan fingerprint density at radius 2 is 1.93 bits per heavy atom. The molecular formula is C20H28N8. The van der Waals surface area contributed by atoms with Gasteiger partial charge in [0.05, 0.1) is 5.69 Å². The molecule has 28 heavy (non-hydrogen) atoms. The van der Waals surface area contributed by atoms with Crippen LogP contribution in [0.1, 0.15) is 25.1 Å². The van der Waals surface area contributed by atoms with E-state index in [1.165, 1.54) is 16.9 Å². The fourth-order valence-electron chi connectivity index (χ4n) is 3.83. The number of anilines is 1. The van der Waals surface area contributed by atoms with E-state index in [-0.39, 0.29) is 0 Å². The van der Waals surface area contributed by atoms with Crippen molar-refractivity contribution in [3.63, 3.8) is 0 Å². The number of hydrogen-bond donors (Lipinski definition) is 1. The fraction of sp³-hybridized carbons (Fsp3) is 0.500. The molecule has 3 aromatic rings. The molecule has 0 radical (unpaired) electrons. The third-order valence-corrected chi connectivity index (χ3v) is 5.31. The maximum absolute atomic E-state index is 4.27. The Bertz CT molecular complexity index is 891. The topological polar surface area (TPSA) is 78.8 Å². The number of benzene rings is 1. The van der Waals surface area contributed by atoms with Crippen molar-refractivity contribution < 1.29 is 0 Å². The molecule has 1 aliphatic rings. The van der Waals surface area contributed by atoms with E-state index in [0.29, 0.717) is 11.7 Å². The van der Waals surface area contributed by atoms with Crippen molar-refractivity contribution in [3.05, 3.63) is 41.7 Å². The summed E-state index contributed by atoms with van der Waals surface area (Å²) in [7, 11) is 2.00. The van der Waals surface area contributed by atoms with E-state index < -0.39 is 0 Å². The molecule has 0 aliphatic carbocycles. The summed E-state index contributed by atoms with van der Waals surface area (Å²) in [6.07, 6.45) is 2.93. The molecule has 8 nitrogen and oxygen atoms in total. The van der Waals surface area contributed by atoms with E-state index in [9.17, 15) is 0 Å². The highest BCUT2D eigenvalue weighted by Crippen LogP contribution is 2.31. The molecule has 2 aromatic heterocycles. The number of piperazine rings is 1. The van der Waals surface area contributed by atoms with Gasteiger partial charge in [0.1, 0.15) is 0 Å². The van der Waals surface area contributed by atoms with Crippen LogP contribution < -0.4 is 4.90 Å². The fourth-order valence-corrected chi connectivity index (χ4v) is 3.83. The van der Waals surface area contributed by atoms with Gasteiger partial charge in [0.15, 0.2) is 0 Å². The number of nitrogens with zero attached hydrogens (tertiary/aromatic N) is 7. The summed E-state index contributed by atoms with van der Waals surface area (Å²) in [5.74, 6) is 1.28. The molecule has 1 N–H and O–H groups in total. The van der Waals surface area contributed by atoms with E-state index in [0.717, 1.165) is 44.7 Å². The lowest BCUT2D eigenvalue weighted by Gasteiger charge is -2.37. The molecule has 148 valence electrons. The maximum Gasteiger partial charge on any atom is 0.206 e. The minimum absolute atomic E-state index is 0.625. The highest BCUT2D eigenvalue weighted by molar-refractivity contribution is 5.75. The van der Waals surface area contributed by atoms with E-state index in [2.05, 4.69) is 73.6 Å². The van der Waals surface area contributed by atoms with Gasteiger partial charge in [0, 0.05) is 57.2 Å². The Kier molecular flexibility index (Phi) is 5.38. The highest BCUT2D eigenvalue weighted by Gasteiger charge is 2.22. The van der Waals surface area contributed by atoms with Crippen molar-refractivity contribution in [1.82, 2.24) is 35.3 Å². The Hall–Kier alpha value is -2.74. The third-order valence-electron chi connectivity index (χ3n) is 5.31. The Morgan fingerprint density at radius 3 is 2.57 bits per heavy atom. The molecule has 0 saturated carbocycles. The number of aryl methyl sites for hydroxylation is 1. The highest BCUT2D eigenvalue weighted by atomic mass is 15.5. The summed E-state index contributed by atoms with van der Waals surface area (Å²) in [4.78, 5) is 4.94. The largest absolute Gasteiger partial charge is 0.368 e. The van der Waals surface area contributed by atoms with Gasteiger partial charge >= 0.3 is 0 Å². The molecule has 1 aromatic carbocycles. The molecule has 1 saturated heterocycles. The zero-order valence-corrected chi connectivity index (χ0v) is 16.8. The first-order valence-corrected chi connectivity index (χ1v) is 9.91. The van der Waals surface area contributed by atoms with Crippen LogP contribution in [0.5, 0.6) is 0 Å². The molecule has 8 heteroatoms. The summed E-state index contributed by atoms with van der Waals surface area (Å²) in [6.45, 7) is 9.45. The van der Waals surface area contributed by atoms with Crippen LogP contribution in [0, 0.1) is 5.92 Å². The average Bonchev–Trinajstić information content (AvgIpc) is 3.34. The van der Waals surface area contributed by atoms with Crippen LogP contribution >= 0.6 is 0 Å². The average molecular weight is 381 g/mol. The van der Waals surface area contributed by atoms with Gasteiger partial charge in [0.2, 0.25) is 5.82 Å². The van der Waals surface area contributed by atoms with Gasteiger partial charge in [-0.05, 0) is 41.3 Å². The predicted molar refractivity (Wildman–Crippen MR) is 109 cm³/mol. The van der Waals surface area contributed by atoms with Crippen LogP contribution in [0.15, 0.2) is 30.5 Å².